The number of pyridine rings is 3. The maximum Gasteiger partial charge on any atom is 0.417 e. The molecule has 0 saturated carbocycles. The topological polar surface area (TPSA) is 65.0 Å². The molecule has 0 aromatic carbocycles. The van der Waals surface area contributed by atoms with Crippen molar-refractivity contribution in [3.05, 3.63) is 65.9 Å². The highest BCUT2D eigenvalue weighted by atomic mass is 19.4. The summed E-state index contributed by atoms with van der Waals surface area (Å²) < 4.78 is 42.5. The second-order valence-corrected chi connectivity index (χ2v) is 4.86. The number of carbonyl (C=O) groups excluding carboxylic acids is 1. The molecule has 0 atom stereocenters. The predicted octanol–water partition coefficient (Wildman–Crippen LogP) is 3.40. The molecule has 5 nitrogen and oxygen atoms in total. The molecular formula is C16H10F3N3O2. The van der Waals surface area contributed by atoms with Gasteiger partial charge in [-0.1, -0.05) is 0 Å². The molecule has 3 heterocycles. The summed E-state index contributed by atoms with van der Waals surface area (Å²) in [6, 6.07) is 5.21. The van der Waals surface area contributed by atoms with Crippen molar-refractivity contribution in [2.24, 2.45) is 0 Å². The van der Waals surface area contributed by atoms with Crippen LogP contribution in [0.2, 0.25) is 0 Å². The van der Waals surface area contributed by atoms with Gasteiger partial charge in [-0.2, -0.15) is 13.2 Å². The van der Waals surface area contributed by atoms with Gasteiger partial charge >= 0.3 is 12.1 Å². The zero-order valence-corrected chi connectivity index (χ0v) is 12.1. The van der Waals surface area contributed by atoms with Crippen LogP contribution in [0.3, 0.4) is 0 Å². The second-order valence-electron chi connectivity index (χ2n) is 4.86. The molecule has 0 amide bonds. The van der Waals surface area contributed by atoms with Crippen molar-refractivity contribution >= 4 is 16.9 Å². The first-order chi connectivity index (χ1) is 11.4. The minimum Gasteiger partial charge on any atom is -0.456 e. The van der Waals surface area contributed by atoms with E-state index in [1.54, 1.807) is 12.3 Å². The fourth-order valence-electron chi connectivity index (χ4n) is 2.06. The summed E-state index contributed by atoms with van der Waals surface area (Å²) in [4.78, 5) is 23.9. The lowest BCUT2D eigenvalue weighted by Crippen LogP contribution is -2.09. The number of fused-ring (bicyclic) bond motifs is 1. The highest BCUT2D eigenvalue weighted by Crippen LogP contribution is 2.28. The number of hydrogen-bond donors (Lipinski definition) is 0. The molecule has 0 saturated heterocycles. The molecule has 122 valence electrons. The molecule has 0 bridgehead atoms. The average Bonchev–Trinajstić information content (AvgIpc) is 2.59. The third-order valence-electron chi connectivity index (χ3n) is 3.27. The smallest absolute Gasteiger partial charge is 0.417 e. The minimum atomic E-state index is -4.45. The van der Waals surface area contributed by atoms with Crippen molar-refractivity contribution in [2.45, 2.75) is 12.8 Å². The molecule has 3 aromatic heterocycles. The van der Waals surface area contributed by atoms with Crippen molar-refractivity contribution in [1.29, 1.82) is 0 Å². The van der Waals surface area contributed by atoms with E-state index in [1.165, 1.54) is 24.5 Å². The van der Waals surface area contributed by atoms with Gasteiger partial charge in [0, 0.05) is 30.2 Å². The van der Waals surface area contributed by atoms with E-state index in [0.717, 1.165) is 6.07 Å². The van der Waals surface area contributed by atoms with E-state index in [4.69, 9.17) is 4.74 Å². The third kappa shape index (κ3) is 3.32. The van der Waals surface area contributed by atoms with Crippen LogP contribution in [-0.2, 0) is 17.5 Å². The van der Waals surface area contributed by atoms with Crippen LogP contribution in [0.25, 0.3) is 10.9 Å². The van der Waals surface area contributed by atoms with Crippen LogP contribution in [0, 0.1) is 0 Å². The highest BCUT2D eigenvalue weighted by Gasteiger charge is 2.30. The molecule has 0 unspecified atom stereocenters. The fourth-order valence-corrected chi connectivity index (χ4v) is 2.06. The van der Waals surface area contributed by atoms with Crippen molar-refractivity contribution < 1.29 is 22.7 Å². The number of nitrogens with zero attached hydrogens (tertiary/aromatic N) is 3. The van der Waals surface area contributed by atoms with Crippen LogP contribution in [0.5, 0.6) is 0 Å². The number of alkyl halides is 3. The van der Waals surface area contributed by atoms with Gasteiger partial charge in [0.15, 0.2) is 0 Å². The summed E-state index contributed by atoms with van der Waals surface area (Å²) >= 11 is 0. The van der Waals surface area contributed by atoms with Crippen molar-refractivity contribution in [3.63, 3.8) is 0 Å². The third-order valence-corrected chi connectivity index (χ3v) is 3.27. The van der Waals surface area contributed by atoms with Gasteiger partial charge in [-0.15, -0.1) is 0 Å². The van der Waals surface area contributed by atoms with Crippen LogP contribution < -0.4 is 0 Å². The Morgan fingerprint density at radius 2 is 1.88 bits per heavy atom. The van der Waals surface area contributed by atoms with Gasteiger partial charge in [0.2, 0.25) is 0 Å². The number of carbonyl (C=O) groups is 1. The average molecular weight is 333 g/mol. The molecular weight excluding hydrogens is 323 g/mol. The van der Waals surface area contributed by atoms with E-state index in [-0.39, 0.29) is 17.9 Å². The Bertz CT molecular complexity index is 874. The maximum absolute atomic E-state index is 12.5. The number of ether oxygens (including phenoxy) is 1. The number of esters is 1. The molecule has 24 heavy (non-hydrogen) atoms. The lowest BCUT2D eigenvalue weighted by Gasteiger charge is -2.08. The van der Waals surface area contributed by atoms with Crippen LogP contribution >= 0.6 is 0 Å². The summed E-state index contributed by atoms with van der Waals surface area (Å²) in [6.07, 6.45) is 0.765. The summed E-state index contributed by atoms with van der Waals surface area (Å²) in [5, 5.41) is 0.533. The largest absolute Gasteiger partial charge is 0.456 e. The molecule has 0 fully saturated rings. The molecule has 0 N–H and O–H groups in total. The molecule has 3 rings (SSSR count). The first-order valence-electron chi connectivity index (χ1n) is 6.83. The summed E-state index contributed by atoms with van der Waals surface area (Å²) in [7, 11) is 0. The molecule has 8 heteroatoms. The summed E-state index contributed by atoms with van der Waals surface area (Å²) in [6.45, 7) is -0.235. The number of aromatic nitrogens is 3. The van der Waals surface area contributed by atoms with Crippen molar-refractivity contribution in [3.8, 4) is 0 Å². The SMILES string of the molecule is O=C(OCc1ccc(C(F)(F)F)cn1)c1ccnc2ccncc12. The lowest BCUT2D eigenvalue weighted by atomic mass is 10.1. The van der Waals surface area contributed by atoms with Crippen LogP contribution in [0.1, 0.15) is 21.6 Å². The molecule has 0 aliphatic carbocycles. The maximum atomic E-state index is 12.5. The van der Waals surface area contributed by atoms with Crippen LogP contribution in [-0.4, -0.2) is 20.9 Å². The van der Waals surface area contributed by atoms with E-state index in [0.29, 0.717) is 17.1 Å². The number of hydrogen-bond acceptors (Lipinski definition) is 5. The standard InChI is InChI=1S/C16H10F3N3O2/c17-16(18,19)10-1-2-11(22-7-10)9-24-15(23)12-3-6-21-14-4-5-20-8-13(12)14/h1-8H,9H2. The van der Waals surface area contributed by atoms with Crippen LogP contribution in [0.4, 0.5) is 13.2 Å². The Balaban J connectivity index is 1.73. The van der Waals surface area contributed by atoms with Gasteiger partial charge in [-0.25, -0.2) is 4.79 Å². The zero-order chi connectivity index (χ0) is 17.2. The lowest BCUT2D eigenvalue weighted by molar-refractivity contribution is -0.137. The monoisotopic (exact) mass is 333 g/mol. The second kappa shape index (κ2) is 6.23. The molecule has 0 aliphatic rings. The van der Waals surface area contributed by atoms with Gasteiger partial charge in [0.05, 0.1) is 22.3 Å². The van der Waals surface area contributed by atoms with E-state index >= 15 is 0 Å². The quantitative estimate of drug-likeness (QED) is 0.687. The van der Waals surface area contributed by atoms with E-state index < -0.39 is 17.7 Å². The summed E-state index contributed by atoms with van der Waals surface area (Å²) in [5.41, 5.74) is 0.226. The molecule has 0 radical (unpaired) electrons. The van der Waals surface area contributed by atoms with Crippen LogP contribution in [0.15, 0.2) is 49.1 Å². The molecule has 3 aromatic rings. The van der Waals surface area contributed by atoms with Gasteiger partial charge in [-0.3, -0.25) is 15.0 Å². The van der Waals surface area contributed by atoms with E-state index in [9.17, 15) is 18.0 Å². The number of rotatable bonds is 3. The predicted molar refractivity (Wildman–Crippen MR) is 77.9 cm³/mol. The van der Waals surface area contributed by atoms with E-state index in [2.05, 4.69) is 15.0 Å². The number of halogens is 3. The Kier molecular flexibility index (Phi) is 4.11. The van der Waals surface area contributed by atoms with Gasteiger partial charge < -0.3 is 4.74 Å². The highest BCUT2D eigenvalue weighted by molar-refractivity contribution is 6.02. The Morgan fingerprint density at radius 3 is 2.58 bits per heavy atom. The first-order valence-corrected chi connectivity index (χ1v) is 6.83. The Morgan fingerprint density at radius 1 is 1.04 bits per heavy atom. The molecule has 0 spiro atoms. The van der Waals surface area contributed by atoms with Crippen molar-refractivity contribution in [2.75, 3.05) is 0 Å². The Hall–Kier alpha value is -3.03. The van der Waals surface area contributed by atoms with Gasteiger partial charge in [-0.05, 0) is 24.3 Å². The molecule has 0 aliphatic heterocycles. The van der Waals surface area contributed by atoms with Gasteiger partial charge in [0.25, 0.3) is 0 Å². The Labute approximate surface area is 134 Å². The van der Waals surface area contributed by atoms with Crippen molar-refractivity contribution in [1.82, 2.24) is 15.0 Å². The zero-order valence-electron chi connectivity index (χ0n) is 12.1. The van der Waals surface area contributed by atoms with Gasteiger partial charge in [0.1, 0.15) is 6.61 Å². The normalized spacial score (nSPS) is 11.5. The minimum absolute atomic E-state index is 0.216. The summed E-state index contributed by atoms with van der Waals surface area (Å²) in [5.74, 6) is -0.628. The first kappa shape index (κ1) is 15.9. The van der Waals surface area contributed by atoms with E-state index in [1.807, 2.05) is 0 Å². The fraction of sp³-hybridized carbons (Fsp3) is 0.125.